The predicted octanol–water partition coefficient (Wildman–Crippen LogP) is 1.54. The fourth-order valence-corrected chi connectivity index (χ4v) is 0.500. The highest BCUT2D eigenvalue weighted by Crippen LogP contribution is 1.82. The van der Waals surface area contributed by atoms with Crippen LogP contribution in [-0.4, -0.2) is 24.9 Å². The maximum Gasteiger partial charge on any atom is 0.126 e. The number of amidine groups is 2. The van der Waals surface area contributed by atoms with E-state index in [1.165, 1.54) is 0 Å². The molecule has 0 aliphatic rings. The second-order valence-corrected chi connectivity index (χ2v) is 1.82. The van der Waals surface area contributed by atoms with Gasteiger partial charge < -0.3 is 0 Å². The van der Waals surface area contributed by atoms with E-state index in [1.54, 1.807) is 13.3 Å². The molecular weight excluding hydrogens is 126 g/mol. The van der Waals surface area contributed by atoms with E-state index >= 15 is 0 Å². The fourth-order valence-electron chi connectivity index (χ4n) is 0.500. The molecule has 0 spiro atoms. The van der Waals surface area contributed by atoms with Gasteiger partial charge in [0.25, 0.3) is 0 Å². The Morgan fingerprint density at radius 2 is 1.80 bits per heavy atom. The van der Waals surface area contributed by atoms with E-state index in [0.717, 1.165) is 11.7 Å². The third-order valence-electron chi connectivity index (χ3n) is 0.963. The smallest absolute Gasteiger partial charge is 0.126 e. The van der Waals surface area contributed by atoms with Gasteiger partial charge >= 0.3 is 0 Å². The monoisotopic (exact) mass is 139 g/mol. The Morgan fingerprint density at radius 3 is 2.20 bits per heavy atom. The van der Waals surface area contributed by atoms with Crippen LogP contribution in [0.15, 0.2) is 15.0 Å². The van der Waals surface area contributed by atoms with Crippen LogP contribution in [-0.2, 0) is 0 Å². The molecule has 0 aromatic carbocycles. The van der Waals surface area contributed by atoms with Crippen molar-refractivity contribution in [3.8, 4) is 0 Å². The van der Waals surface area contributed by atoms with Crippen molar-refractivity contribution in [2.24, 2.45) is 15.0 Å². The molecule has 0 fully saturated rings. The van der Waals surface area contributed by atoms with Gasteiger partial charge in [-0.15, -0.1) is 0 Å². The average molecular weight is 139 g/mol. The molecule has 0 atom stereocenters. The van der Waals surface area contributed by atoms with Crippen molar-refractivity contribution in [1.29, 1.82) is 0 Å². The van der Waals surface area contributed by atoms with Crippen molar-refractivity contribution in [2.75, 3.05) is 7.05 Å². The fraction of sp³-hybridized carbons (Fsp3) is 0.571. The van der Waals surface area contributed by atoms with Crippen molar-refractivity contribution in [3.05, 3.63) is 0 Å². The number of hydrogen-bond acceptors (Lipinski definition) is 1. The third kappa shape index (κ3) is 3.95. The lowest BCUT2D eigenvalue weighted by Gasteiger charge is -1.89. The number of hydrogen-bond donors (Lipinski definition) is 0. The summed E-state index contributed by atoms with van der Waals surface area (Å²) < 4.78 is 0. The van der Waals surface area contributed by atoms with Crippen LogP contribution in [0.4, 0.5) is 0 Å². The number of rotatable bonds is 0. The van der Waals surface area contributed by atoms with Crippen molar-refractivity contribution < 1.29 is 0 Å². The van der Waals surface area contributed by atoms with E-state index in [9.17, 15) is 0 Å². The molecule has 0 bridgehead atoms. The number of aliphatic imine (C=N–C) groups is 3. The lowest BCUT2D eigenvalue weighted by molar-refractivity contribution is 1.36. The van der Waals surface area contributed by atoms with Gasteiger partial charge in [0.2, 0.25) is 0 Å². The van der Waals surface area contributed by atoms with Crippen molar-refractivity contribution in [1.82, 2.24) is 0 Å². The quantitative estimate of drug-likeness (QED) is 0.360. The second-order valence-electron chi connectivity index (χ2n) is 1.82. The van der Waals surface area contributed by atoms with E-state index in [-0.39, 0.29) is 0 Å². The van der Waals surface area contributed by atoms with Crippen LogP contribution in [0.5, 0.6) is 0 Å². The largest absolute Gasteiger partial charge is 0.274 e. The van der Waals surface area contributed by atoms with Crippen molar-refractivity contribution in [2.45, 2.75) is 20.8 Å². The van der Waals surface area contributed by atoms with Crippen molar-refractivity contribution >= 4 is 17.9 Å². The van der Waals surface area contributed by atoms with Crippen LogP contribution in [0.3, 0.4) is 0 Å². The summed E-state index contributed by atoms with van der Waals surface area (Å²) in [6, 6.07) is 0. The molecule has 0 heterocycles. The zero-order valence-corrected chi connectivity index (χ0v) is 6.92. The van der Waals surface area contributed by atoms with Crippen LogP contribution >= 0.6 is 0 Å². The minimum Gasteiger partial charge on any atom is -0.274 e. The minimum atomic E-state index is 0.741. The maximum atomic E-state index is 4.05. The number of nitrogens with zero attached hydrogens (tertiary/aromatic N) is 3. The summed E-state index contributed by atoms with van der Waals surface area (Å²) in [5.41, 5.74) is 0. The Labute approximate surface area is 61.6 Å². The van der Waals surface area contributed by atoms with E-state index in [0.29, 0.717) is 0 Å². The summed E-state index contributed by atoms with van der Waals surface area (Å²) in [4.78, 5) is 11.9. The molecule has 0 aromatic heterocycles. The van der Waals surface area contributed by atoms with Gasteiger partial charge in [-0.25, -0.2) is 9.98 Å². The molecule has 0 amide bonds. The Kier molecular flexibility index (Phi) is 4.37. The van der Waals surface area contributed by atoms with Crippen LogP contribution in [0, 0.1) is 0 Å². The second kappa shape index (κ2) is 4.85. The Hall–Kier alpha value is -0.990. The predicted molar refractivity (Wildman–Crippen MR) is 46.3 cm³/mol. The molecule has 0 aliphatic heterocycles. The topological polar surface area (TPSA) is 37.1 Å². The average Bonchev–Trinajstić information content (AvgIpc) is 1.88. The zero-order valence-electron chi connectivity index (χ0n) is 6.92. The van der Waals surface area contributed by atoms with Crippen LogP contribution in [0.1, 0.15) is 20.8 Å². The minimum absolute atomic E-state index is 0.741. The molecule has 0 rings (SSSR count). The van der Waals surface area contributed by atoms with E-state index < -0.39 is 0 Å². The Bertz CT molecular complexity index is 177. The summed E-state index contributed by atoms with van der Waals surface area (Å²) in [5, 5.41) is 0. The van der Waals surface area contributed by atoms with E-state index in [4.69, 9.17) is 0 Å². The molecule has 0 aromatic rings. The molecule has 3 heteroatoms. The highest BCUT2D eigenvalue weighted by molar-refractivity contribution is 5.97. The first-order valence-corrected chi connectivity index (χ1v) is 3.18. The van der Waals surface area contributed by atoms with Crippen LogP contribution in [0.2, 0.25) is 0 Å². The molecule has 56 valence electrons. The molecule has 10 heavy (non-hydrogen) atoms. The third-order valence-corrected chi connectivity index (χ3v) is 0.963. The molecule has 3 nitrogen and oxygen atoms in total. The summed E-state index contributed by atoms with van der Waals surface area (Å²) >= 11 is 0. The summed E-state index contributed by atoms with van der Waals surface area (Å²) in [6.45, 7) is 5.54. The van der Waals surface area contributed by atoms with E-state index in [2.05, 4.69) is 15.0 Å². The SMILES string of the molecule is C/C=N/C(C)=N/C(C)=N\C. The van der Waals surface area contributed by atoms with Crippen LogP contribution in [0.25, 0.3) is 0 Å². The van der Waals surface area contributed by atoms with Gasteiger partial charge in [0.1, 0.15) is 11.7 Å². The van der Waals surface area contributed by atoms with Crippen LogP contribution < -0.4 is 0 Å². The Balaban J connectivity index is 4.16. The molecular formula is C7H13N3. The first kappa shape index (κ1) is 9.01. The Morgan fingerprint density at radius 1 is 1.20 bits per heavy atom. The van der Waals surface area contributed by atoms with Gasteiger partial charge in [-0.2, -0.15) is 0 Å². The van der Waals surface area contributed by atoms with Gasteiger partial charge in [0.15, 0.2) is 0 Å². The standard InChI is InChI=1S/C7H13N3/c1-5-9-7(3)10-6(2)8-4/h5H,1-4H3/b8-6-,9-5+,10-7+. The van der Waals surface area contributed by atoms with Gasteiger partial charge in [-0.1, -0.05) is 0 Å². The molecule has 0 aliphatic carbocycles. The van der Waals surface area contributed by atoms with Gasteiger partial charge in [-0.3, -0.25) is 4.99 Å². The maximum absolute atomic E-state index is 4.05. The molecule has 0 unspecified atom stereocenters. The first-order chi connectivity index (χ1) is 4.70. The van der Waals surface area contributed by atoms with E-state index in [1.807, 2.05) is 20.8 Å². The molecule has 0 saturated carbocycles. The molecule has 0 radical (unpaired) electrons. The highest BCUT2D eigenvalue weighted by atomic mass is 15.0. The normalized spacial score (nSPS) is 14.8. The summed E-state index contributed by atoms with van der Waals surface area (Å²) in [5.74, 6) is 1.49. The van der Waals surface area contributed by atoms with Gasteiger partial charge in [0, 0.05) is 13.3 Å². The summed E-state index contributed by atoms with van der Waals surface area (Å²) in [6.07, 6.45) is 1.71. The lowest BCUT2D eigenvalue weighted by Crippen LogP contribution is -1.92. The molecule has 0 N–H and O–H groups in total. The first-order valence-electron chi connectivity index (χ1n) is 3.18. The van der Waals surface area contributed by atoms with Crippen molar-refractivity contribution in [3.63, 3.8) is 0 Å². The summed E-state index contributed by atoms with van der Waals surface area (Å²) in [7, 11) is 1.71. The van der Waals surface area contributed by atoms with Gasteiger partial charge in [0.05, 0.1) is 0 Å². The lowest BCUT2D eigenvalue weighted by atomic mass is 10.6. The zero-order chi connectivity index (χ0) is 7.98. The van der Waals surface area contributed by atoms with Gasteiger partial charge in [-0.05, 0) is 20.8 Å². The highest BCUT2D eigenvalue weighted by Gasteiger charge is 1.84. The molecule has 0 saturated heterocycles.